The third kappa shape index (κ3) is 2.59. The third-order valence-electron chi connectivity index (χ3n) is 4.55. The van der Waals surface area contributed by atoms with Crippen molar-refractivity contribution in [1.82, 2.24) is 15.0 Å². The van der Waals surface area contributed by atoms with Crippen molar-refractivity contribution in [3.05, 3.63) is 71.8 Å². The smallest absolute Gasteiger partial charge is 0.226 e. The van der Waals surface area contributed by atoms with Crippen LogP contribution in [0.2, 0.25) is 5.28 Å². The van der Waals surface area contributed by atoms with Gasteiger partial charge in [-0.15, -0.1) is 0 Å². The van der Waals surface area contributed by atoms with Gasteiger partial charge in [0.1, 0.15) is 11.2 Å². The lowest BCUT2D eigenvalue weighted by molar-refractivity contribution is 0.669. The van der Waals surface area contributed by atoms with E-state index in [2.05, 4.69) is 27.1 Å². The van der Waals surface area contributed by atoms with Gasteiger partial charge in [0.25, 0.3) is 0 Å². The number of nitrogens with zero attached hydrogens (tertiary/aromatic N) is 3. The van der Waals surface area contributed by atoms with Crippen LogP contribution in [-0.4, -0.2) is 15.0 Å². The third-order valence-corrected chi connectivity index (χ3v) is 4.72. The van der Waals surface area contributed by atoms with Gasteiger partial charge in [0, 0.05) is 16.3 Å². The minimum absolute atomic E-state index is 0.199. The molecule has 5 rings (SSSR count). The number of halogens is 1. The van der Waals surface area contributed by atoms with Gasteiger partial charge < -0.3 is 4.42 Å². The topological polar surface area (TPSA) is 51.8 Å². The molecule has 2 heterocycles. The van der Waals surface area contributed by atoms with E-state index in [0.717, 1.165) is 45.9 Å². The fourth-order valence-electron chi connectivity index (χ4n) is 3.28. The van der Waals surface area contributed by atoms with E-state index in [1.165, 1.54) is 0 Å². The summed E-state index contributed by atoms with van der Waals surface area (Å²) in [5.41, 5.74) is 3.60. The van der Waals surface area contributed by atoms with Gasteiger partial charge in [-0.25, -0.2) is 4.98 Å². The van der Waals surface area contributed by atoms with Crippen LogP contribution in [0, 0.1) is 0 Å². The van der Waals surface area contributed by atoms with Gasteiger partial charge in [0.05, 0.1) is 0 Å². The molecule has 4 aromatic rings. The quantitative estimate of drug-likeness (QED) is 0.452. The second-order valence-electron chi connectivity index (χ2n) is 6.22. The maximum absolute atomic E-state index is 6.17. The van der Waals surface area contributed by atoms with Crippen molar-refractivity contribution < 1.29 is 4.42 Å². The molecule has 126 valence electrons. The predicted octanol–water partition coefficient (Wildman–Crippen LogP) is 5.82. The highest BCUT2D eigenvalue weighted by Gasteiger charge is 2.14. The maximum atomic E-state index is 6.17. The molecule has 0 saturated heterocycles. The summed E-state index contributed by atoms with van der Waals surface area (Å²) in [6, 6.07) is 14.0. The Morgan fingerprint density at radius 2 is 1.73 bits per heavy atom. The van der Waals surface area contributed by atoms with E-state index in [-0.39, 0.29) is 5.28 Å². The zero-order valence-corrected chi connectivity index (χ0v) is 14.6. The van der Waals surface area contributed by atoms with E-state index in [4.69, 9.17) is 16.0 Å². The first-order valence-electron chi connectivity index (χ1n) is 8.47. The molecule has 0 radical (unpaired) electrons. The van der Waals surface area contributed by atoms with Crippen LogP contribution in [0.3, 0.4) is 0 Å². The monoisotopic (exact) mass is 359 g/mol. The summed E-state index contributed by atoms with van der Waals surface area (Å²) in [5, 5.41) is 2.37. The summed E-state index contributed by atoms with van der Waals surface area (Å²) in [6.45, 7) is 0. The Balaban J connectivity index is 1.65. The Morgan fingerprint density at radius 3 is 2.62 bits per heavy atom. The van der Waals surface area contributed by atoms with Crippen LogP contribution in [0.1, 0.15) is 18.7 Å². The van der Waals surface area contributed by atoms with Crippen LogP contribution in [0.25, 0.3) is 38.9 Å². The normalized spacial score (nSPS) is 14.1. The van der Waals surface area contributed by atoms with E-state index >= 15 is 0 Å². The molecule has 0 fully saturated rings. The SMILES string of the molecule is Clc1nc(C2=CC=CCC2)nc(-c2ccc3c(c2)oc2ccccc23)n1. The molecule has 1 aliphatic rings. The highest BCUT2D eigenvalue weighted by Crippen LogP contribution is 2.32. The van der Waals surface area contributed by atoms with Gasteiger partial charge in [-0.05, 0) is 48.2 Å². The van der Waals surface area contributed by atoms with E-state index < -0.39 is 0 Å². The van der Waals surface area contributed by atoms with Crippen LogP contribution in [0.5, 0.6) is 0 Å². The Kier molecular flexibility index (Phi) is 3.57. The second kappa shape index (κ2) is 6.07. The minimum Gasteiger partial charge on any atom is -0.456 e. The molecule has 0 bridgehead atoms. The highest BCUT2D eigenvalue weighted by molar-refractivity contribution is 6.28. The molecule has 1 aliphatic carbocycles. The number of rotatable bonds is 2. The fourth-order valence-corrected chi connectivity index (χ4v) is 3.44. The Morgan fingerprint density at radius 1 is 0.885 bits per heavy atom. The number of hydrogen-bond donors (Lipinski definition) is 0. The largest absolute Gasteiger partial charge is 0.456 e. The van der Waals surface area contributed by atoms with Gasteiger partial charge in [0.15, 0.2) is 11.6 Å². The van der Waals surface area contributed by atoms with Gasteiger partial charge in [-0.3, -0.25) is 0 Å². The average Bonchev–Trinajstić information content (AvgIpc) is 3.06. The molecular formula is C21H14ClN3O. The molecule has 2 aromatic heterocycles. The number of fused-ring (bicyclic) bond motifs is 3. The Bertz CT molecular complexity index is 1210. The second-order valence-corrected chi connectivity index (χ2v) is 6.56. The number of para-hydroxylation sites is 1. The summed E-state index contributed by atoms with van der Waals surface area (Å²) in [6.07, 6.45) is 8.06. The van der Waals surface area contributed by atoms with Crippen LogP contribution in [0.4, 0.5) is 0 Å². The summed E-state index contributed by atoms with van der Waals surface area (Å²) in [5.74, 6) is 1.19. The van der Waals surface area contributed by atoms with Crippen molar-refractivity contribution >= 4 is 39.1 Å². The lowest BCUT2D eigenvalue weighted by atomic mass is 10.0. The standard InChI is InChI=1S/C21H14ClN3O/c22-21-24-19(13-6-2-1-3-7-13)23-20(25-21)14-10-11-16-15-8-4-5-9-17(15)26-18(16)12-14/h1-2,4-6,8-12H,3,7H2. The number of allylic oxidation sites excluding steroid dienone is 4. The van der Waals surface area contributed by atoms with Crippen molar-refractivity contribution in [3.63, 3.8) is 0 Å². The summed E-state index contributed by atoms with van der Waals surface area (Å²) < 4.78 is 5.97. The zero-order chi connectivity index (χ0) is 17.5. The molecule has 0 saturated carbocycles. The maximum Gasteiger partial charge on any atom is 0.226 e. The Labute approximate surface area is 154 Å². The minimum atomic E-state index is 0.199. The molecule has 26 heavy (non-hydrogen) atoms. The van der Waals surface area contributed by atoms with E-state index in [0.29, 0.717) is 11.6 Å². The average molecular weight is 360 g/mol. The first-order valence-corrected chi connectivity index (χ1v) is 8.85. The fraction of sp³-hybridized carbons (Fsp3) is 0.0952. The Hall–Kier alpha value is -2.98. The summed E-state index contributed by atoms with van der Waals surface area (Å²) in [7, 11) is 0. The first-order chi connectivity index (χ1) is 12.8. The van der Waals surface area contributed by atoms with Crippen LogP contribution in [0.15, 0.2) is 65.1 Å². The molecule has 4 nitrogen and oxygen atoms in total. The van der Waals surface area contributed by atoms with Crippen LogP contribution >= 0.6 is 11.6 Å². The number of aromatic nitrogens is 3. The molecule has 2 aromatic carbocycles. The van der Waals surface area contributed by atoms with Crippen molar-refractivity contribution in [2.75, 3.05) is 0 Å². The number of benzene rings is 2. The van der Waals surface area contributed by atoms with E-state index in [1.807, 2.05) is 48.6 Å². The number of furan rings is 1. The molecule has 0 aliphatic heterocycles. The van der Waals surface area contributed by atoms with E-state index in [1.54, 1.807) is 0 Å². The molecule has 0 N–H and O–H groups in total. The molecular weight excluding hydrogens is 346 g/mol. The highest BCUT2D eigenvalue weighted by atomic mass is 35.5. The molecule has 5 heteroatoms. The van der Waals surface area contributed by atoms with Gasteiger partial charge in [0.2, 0.25) is 5.28 Å². The van der Waals surface area contributed by atoms with Crippen molar-refractivity contribution in [2.45, 2.75) is 12.8 Å². The lowest BCUT2D eigenvalue weighted by Crippen LogP contribution is -2.01. The predicted molar refractivity (Wildman–Crippen MR) is 104 cm³/mol. The summed E-state index contributed by atoms with van der Waals surface area (Å²) in [4.78, 5) is 13.3. The van der Waals surface area contributed by atoms with Gasteiger partial charge in [-0.2, -0.15) is 9.97 Å². The molecule has 0 unspecified atom stereocenters. The van der Waals surface area contributed by atoms with Crippen molar-refractivity contribution in [3.8, 4) is 11.4 Å². The summed E-state index contributed by atoms with van der Waals surface area (Å²) >= 11 is 6.17. The molecule has 0 atom stereocenters. The van der Waals surface area contributed by atoms with Crippen molar-refractivity contribution in [2.24, 2.45) is 0 Å². The van der Waals surface area contributed by atoms with Crippen LogP contribution < -0.4 is 0 Å². The number of hydrogen-bond acceptors (Lipinski definition) is 4. The van der Waals surface area contributed by atoms with Gasteiger partial charge >= 0.3 is 0 Å². The lowest BCUT2D eigenvalue weighted by Gasteiger charge is -2.09. The van der Waals surface area contributed by atoms with Crippen LogP contribution in [-0.2, 0) is 0 Å². The van der Waals surface area contributed by atoms with Crippen molar-refractivity contribution in [1.29, 1.82) is 0 Å². The van der Waals surface area contributed by atoms with Gasteiger partial charge in [-0.1, -0.05) is 42.5 Å². The molecule has 0 spiro atoms. The zero-order valence-electron chi connectivity index (χ0n) is 13.8. The van der Waals surface area contributed by atoms with E-state index in [9.17, 15) is 0 Å². The molecule has 0 amide bonds. The first kappa shape index (κ1) is 15.3.